The van der Waals surface area contributed by atoms with E-state index >= 15 is 0 Å². The minimum Gasteiger partial charge on any atom is -0.495 e. The molecule has 1 aliphatic heterocycles. The SMILES string of the molecule is CNCNc1ccc(CN2CCN(C)CC2)cc1OC. The van der Waals surface area contributed by atoms with Crippen LogP contribution in [-0.4, -0.2) is 63.9 Å². The van der Waals surface area contributed by atoms with E-state index in [2.05, 4.69) is 45.7 Å². The zero-order valence-electron chi connectivity index (χ0n) is 12.8. The number of ether oxygens (including phenoxy) is 1. The highest BCUT2D eigenvalue weighted by Gasteiger charge is 2.14. The highest BCUT2D eigenvalue weighted by Crippen LogP contribution is 2.26. The van der Waals surface area contributed by atoms with Crippen LogP contribution in [0.3, 0.4) is 0 Å². The first-order valence-corrected chi connectivity index (χ1v) is 7.19. The van der Waals surface area contributed by atoms with Gasteiger partial charge in [-0.25, -0.2) is 0 Å². The summed E-state index contributed by atoms with van der Waals surface area (Å²) in [6, 6.07) is 6.41. The zero-order chi connectivity index (χ0) is 14.4. The molecular weight excluding hydrogens is 252 g/mol. The molecule has 5 nitrogen and oxygen atoms in total. The minimum atomic E-state index is 0.730. The summed E-state index contributed by atoms with van der Waals surface area (Å²) >= 11 is 0. The number of methoxy groups -OCH3 is 1. The number of nitrogens with one attached hydrogen (secondary N) is 2. The van der Waals surface area contributed by atoms with Gasteiger partial charge in [-0.1, -0.05) is 6.07 Å². The van der Waals surface area contributed by atoms with Crippen LogP contribution in [0.4, 0.5) is 5.69 Å². The van der Waals surface area contributed by atoms with Gasteiger partial charge in [0.2, 0.25) is 0 Å². The number of likely N-dealkylation sites (N-methyl/N-ethyl adjacent to an activating group) is 1. The highest BCUT2D eigenvalue weighted by molar-refractivity contribution is 5.57. The van der Waals surface area contributed by atoms with Gasteiger partial charge in [0.25, 0.3) is 0 Å². The van der Waals surface area contributed by atoms with Crippen molar-refractivity contribution in [3.8, 4) is 5.75 Å². The van der Waals surface area contributed by atoms with Crippen molar-refractivity contribution in [2.24, 2.45) is 0 Å². The summed E-state index contributed by atoms with van der Waals surface area (Å²) < 4.78 is 5.47. The molecule has 0 amide bonds. The van der Waals surface area contributed by atoms with Crippen LogP contribution in [0.15, 0.2) is 18.2 Å². The van der Waals surface area contributed by atoms with Crippen molar-refractivity contribution in [3.05, 3.63) is 23.8 Å². The molecule has 0 bridgehead atoms. The fourth-order valence-electron chi connectivity index (χ4n) is 2.43. The van der Waals surface area contributed by atoms with Crippen molar-refractivity contribution in [1.82, 2.24) is 15.1 Å². The third-order valence-corrected chi connectivity index (χ3v) is 3.72. The van der Waals surface area contributed by atoms with E-state index in [4.69, 9.17) is 4.74 Å². The molecule has 2 rings (SSSR count). The number of nitrogens with zero attached hydrogens (tertiary/aromatic N) is 2. The number of benzene rings is 1. The monoisotopic (exact) mass is 278 g/mol. The van der Waals surface area contributed by atoms with Gasteiger partial charge in [0.1, 0.15) is 5.75 Å². The molecule has 1 saturated heterocycles. The van der Waals surface area contributed by atoms with Gasteiger partial charge in [0.15, 0.2) is 0 Å². The number of anilines is 1. The zero-order valence-corrected chi connectivity index (χ0v) is 12.8. The van der Waals surface area contributed by atoms with Gasteiger partial charge < -0.3 is 20.3 Å². The normalized spacial score (nSPS) is 17.1. The molecule has 0 radical (unpaired) electrons. The Morgan fingerprint density at radius 2 is 1.95 bits per heavy atom. The van der Waals surface area contributed by atoms with E-state index in [-0.39, 0.29) is 0 Å². The molecule has 0 aromatic heterocycles. The second-order valence-electron chi connectivity index (χ2n) is 5.32. The van der Waals surface area contributed by atoms with E-state index in [9.17, 15) is 0 Å². The van der Waals surface area contributed by atoms with Crippen LogP contribution in [-0.2, 0) is 6.54 Å². The quantitative estimate of drug-likeness (QED) is 0.761. The lowest BCUT2D eigenvalue weighted by Crippen LogP contribution is -2.43. The number of rotatable bonds is 6. The minimum absolute atomic E-state index is 0.730. The molecule has 2 N–H and O–H groups in total. The topological polar surface area (TPSA) is 39.8 Å². The second-order valence-corrected chi connectivity index (χ2v) is 5.32. The van der Waals surface area contributed by atoms with E-state index in [0.29, 0.717) is 0 Å². The summed E-state index contributed by atoms with van der Waals surface area (Å²) in [5.74, 6) is 0.909. The fraction of sp³-hybridized carbons (Fsp3) is 0.600. The maximum absolute atomic E-state index is 5.47. The smallest absolute Gasteiger partial charge is 0.142 e. The number of hydrogen-bond donors (Lipinski definition) is 2. The van der Waals surface area contributed by atoms with E-state index in [1.54, 1.807) is 7.11 Å². The largest absolute Gasteiger partial charge is 0.495 e. The molecule has 0 atom stereocenters. The van der Waals surface area contributed by atoms with Crippen molar-refractivity contribution < 1.29 is 4.74 Å². The Labute approximate surface area is 121 Å². The lowest BCUT2D eigenvalue weighted by atomic mass is 10.1. The maximum atomic E-state index is 5.47. The molecule has 0 spiro atoms. The molecule has 1 aliphatic rings. The molecular formula is C15H26N4O. The van der Waals surface area contributed by atoms with E-state index in [1.165, 1.54) is 5.56 Å². The first-order valence-electron chi connectivity index (χ1n) is 7.19. The molecule has 0 saturated carbocycles. The number of hydrogen-bond acceptors (Lipinski definition) is 5. The van der Waals surface area contributed by atoms with Crippen LogP contribution >= 0.6 is 0 Å². The van der Waals surface area contributed by atoms with E-state index in [0.717, 1.165) is 50.8 Å². The van der Waals surface area contributed by atoms with Crippen LogP contribution in [0.1, 0.15) is 5.56 Å². The Balaban J connectivity index is 1.98. The summed E-state index contributed by atoms with van der Waals surface area (Å²) in [6.07, 6.45) is 0. The van der Waals surface area contributed by atoms with Crippen molar-refractivity contribution >= 4 is 5.69 Å². The molecule has 1 heterocycles. The summed E-state index contributed by atoms with van der Waals surface area (Å²) in [7, 11) is 5.82. The van der Waals surface area contributed by atoms with E-state index < -0.39 is 0 Å². The van der Waals surface area contributed by atoms with Crippen LogP contribution in [0.5, 0.6) is 5.75 Å². The van der Waals surface area contributed by atoms with Gasteiger partial charge in [-0.2, -0.15) is 0 Å². The average molecular weight is 278 g/mol. The summed E-state index contributed by atoms with van der Waals surface area (Å²) in [5.41, 5.74) is 2.34. The molecule has 0 aliphatic carbocycles. The Kier molecular flexibility index (Phi) is 5.64. The van der Waals surface area contributed by atoms with Gasteiger partial charge in [0.05, 0.1) is 19.5 Å². The standard InChI is InChI=1S/C15H26N4O/c1-16-12-17-14-5-4-13(10-15(14)20-3)11-19-8-6-18(2)7-9-19/h4-5,10,16-17H,6-9,11-12H2,1-3H3. The molecule has 1 aromatic carbocycles. The van der Waals surface area contributed by atoms with Crippen molar-refractivity contribution in [2.75, 3.05) is 59.4 Å². The van der Waals surface area contributed by atoms with E-state index in [1.807, 2.05) is 7.05 Å². The maximum Gasteiger partial charge on any atom is 0.142 e. The number of piperazine rings is 1. The first kappa shape index (κ1) is 15.1. The Bertz CT molecular complexity index is 416. The van der Waals surface area contributed by atoms with Crippen molar-refractivity contribution in [3.63, 3.8) is 0 Å². The molecule has 1 aromatic rings. The fourth-order valence-corrected chi connectivity index (χ4v) is 2.43. The van der Waals surface area contributed by atoms with Crippen LogP contribution in [0, 0.1) is 0 Å². The summed E-state index contributed by atoms with van der Waals surface area (Å²) in [5, 5.41) is 6.37. The van der Waals surface area contributed by atoms with Gasteiger partial charge in [-0.3, -0.25) is 4.90 Å². The molecule has 1 fully saturated rings. The Morgan fingerprint density at radius 3 is 2.60 bits per heavy atom. The average Bonchev–Trinajstić information content (AvgIpc) is 2.48. The molecule has 112 valence electrons. The van der Waals surface area contributed by atoms with Crippen molar-refractivity contribution in [1.29, 1.82) is 0 Å². The van der Waals surface area contributed by atoms with Crippen molar-refractivity contribution in [2.45, 2.75) is 6.54 Å². The van der Waals surface area contributed by atoms with Gasteiger partial charge in [0, 0.05) is 32.7 Å². The highest BCUT2D eigenvalue weighted by atomic mass is 16.5. The first-order chi connectivity index (χ1) is 9.72. The van der Waals surface area contributed by atoms with Gasteiger partial charge in [-0.05, 0) is 31.8 Å². The Hall–Kier alpha value is -1.30. The van der Waals surface area contributed by atoms with Crippen LogP contribution < -0.4 is 15.4 Å². The van der Waals surface area contributed by atoms with Crippen LogP contribution in [0.2, 0.25) is 0 Å². The van der Waals surface area contributed by atoms with Gasteiger partial charge >= 0.3 is 0 Å². The predicted molar refractivity (Wildman–Crippen MR) is 83.3 cm³/mol. The second kappa shape index (κ2) is 7.47. The summed E-state index contributed by atoms with van der Waals surface area (Å²) in [6.45, 7) is 6.31. The third-order valence-electron chi connectivity index (χ3n) is 3.72. The molecule has 20 heavy (non-hydrogen) atoms. The Morgan fingerprint density at radius 1 is 1.20 bits per heavy atom. The van der Waals surface area contributed by atoms with Crippen LogP contribution in [0.25, 0.3) is 0 Å². The lowest BCUT2D eigenvalue weighted by Gasteiger charge is -2.32. The predicted octanol–water partition coefficient (Wildman–Crippen LogP) is 1.03. The molecule has 0 unspecified atom stereocenters. The third kappa shape index (κ3) is 4.10. The summed E-state index contributed by atoms with van der Waals surface area (Å²) in [4.78, 5) is 4.87. The molecule has 5 heteroatoms. The van der Waals surface area contributed by atoms with Gasteiger partial charge in [-0.15, -0.1) is 0 Å². The lowest BCUT2D eigenvalue weighted by molar-refractivity contribution is 0.148.